The number of ether oxygens (including phenoxy) is 2. The molecule has 0 aliphatic carbocycles. The number of amides is 1. The van der Waals surface area contributed by atoms with Gasteiger partial charge in [0.25, 0.3) is 0 Å². The van der Waals surface area contributed by atoms with Gasteiger partial charge in [0.05, 0.1) is 12.7 Å². The highest BCUT2D eigenvalue weighted by molar-refractivity contribution is 6.42. The highest BCUT2D eigenvalue weighted by atomic mass is 16.5. The smallest absolute Gasteiger partial charge is 0.490 e. The highest BCUT2D eigenvalue weighted by Crippen LogP contribution is 2.33. The Bertz CT molecular complexity index is 1090. The minimum Gasteiger partial charge on any atom is -0.490 e. The molecule has 1 amide bonds. The van der Waals surface area contributed by atoms with E-state index >= 15 is 0 Å². The number of benzene rings is 2. The Morgan fingerprint density at radius 3 is 2.62 bits per heavy atom. The number of rotatable bonds is 9. The molecule has 32 heavy (non-hydrogen) atoms. The summed E-state index contributed by atoms with van der Waals surface area (Å²) in [6.07, 6.45) is 1.55. The summed E-state index contributed by atoms with van der Waals surface area (Å²) in [4.78, 5) is 16.9. The molecule has 0 saturated carbocycles. The van der Waals surface area contributed by atoms with Crippen LogP contribution in [-0.4, -0.2) is 40.9 Å². The number of hydrogen-bond acceptors (Lipinski definition) is 8. The van der Waals surface area contributed by atoms with Crippen molar-refractivity contribution in [2.45, 2.75) is 32.9 Å². The molecule has 0 radical (unpaired) electrons. The van der Waals surface area contributed by atoms with Gasteiger partial charge in [0.1, 0.15) is 11.9 Å². The second kappa shape index (κ2) is 10.2. The van der Waals surface area contributed by atoms with Gasteiger partial charge in [-0.2, -0.15) is 0 Å². The quantitative estimate of drug-likeness (QED) is 0.321. The first-order chi connectivity index (χ1) is 15.3. The number of hydrogen-bond donors (Lipinski definition) is 5. The fourth-order valence-electron chi connectivity index (χ4n) is 3.29. The van der Waals surface area contributed by atoms with Gasteiger partial charge in [-0.05, 0) is 68.1 Å². The van der Waals surface area contributed by atoms with Crippen LogP contribution in [0.5, 0.6) is 11.5 Å². The minimum atomic E-state index is -2.00. The summed E-state index contributed by atoms with van der Waals surface area (Å²) in [7, 11) is -2.00. The molecular formula is C22H27BN4O5. The number of fused-ring (bicyclic) bond motifs is 1. The molecular weight excluding hydrogens is 411 g/mol. The van der Waals surface area contributed by atoms with Crippen LogP contribution in [0.3, 0.4) is 0 Å². The van der Waals surface area contributed by atoms with Gasteiger partial charge < -0.3 is 35.8 Å². The maximum atomic E-state index is 12.8. The molecule has 1 aromatic heterocycles. The summed E-state index contributed by atoms with van der Waals surface area (Å²) in [5, 5.41) is 25.4. The number of nitrogens with zero attached hydrogens (tertiary/aromatic N) is 1. The normalized spacial score (nSPS) is 11.8. The van der Waals surface area contributed by atoms with E-state index in [1.54, 1.807) is 36.5 Å². The molecule has 9 nitrogen and oxygen atoms in total. The molecule has 2 aromatic carbocycles. The molecule has 10 heteroatoms. The first-order valence-electron chi connectivity index (χ1n) is 10.3. The van der Waals surface area contributed by atoms with Crippen molar-refractivity contribution in [3.8, 4) is 11.5 Å². The summed E-state index contributed by atoms with van der Waals surface area (Å²) in [6, 6.07) is 11.4. The van der Waals surface area contributed by atoms with Crippen molar-refractivity contribution < 1.29 is 24.3 Å². The molecule has 168 valence electrons. The minimum absolute atomic E-state index is 0.0543. The highest BCUT2D eigenvalue weighted by Gasteiger charge is 2.25. The van der Waals surface area contributed by atoms with Crippen LogP contribution in [0.1, 0.15) is 32.4 Å². The summed E-state index contributed by atoms with van der Waals surface area (Å²) in [5.74, 6) is 0.823. The average Bonchev–Trinajstić information content (AvgIpc) is 2.73. The Morgan fingerprint density at radius 1 is 1.16 bits per heavy atom. The second-order valence-corrected chi connectivity index (χ2v) is 7.40. The van der Waals surface area contributed by atoms with Crippen molar-refractivity contribution in [1.82, 2.24) is 10.2 Å². The lowest BCUT2D eigenvalue weighted by molar-refractivity contribution is -0.120. The predicted octanol–water partition coefficient (Wildman–Crippen LogP) is 2.24. The van der Waals surface area contributed by atoms with E-state index in [0.717, 1.165) is 10.8 Å². The van der Waals surface area contributed by atoms with Crippen molar-refractivity contribution in [2.24, 2.45) is 0 Å². The zero-order valence-electron chi connectivity index (χ0n) is 18.2. The van der Waals surface area contributed by atoms with Gasteiger partial charge in [0.2, 0.25) is 5.91 Å². The Kier molecular flexibility index (Phi) is 7.39. The third-order valence-corrected chi connectivity index (χ3v) is 4.60. The van der Waals surface area contributed by atoms with Crippen LogP contribution in [0.15, 0.2) is 48.7 Å². The van der Waals surface area contributed by atoms with E-state index in [1.807, 2.05) is 32.9 Å². The van der Waals surface area contributed by atoms with E-state index in [2.05, 4.69) is 15.5 Å². The van der Waals surface area contributed by atoms with Crippen molar-refractivity contribution in [2.75, 3.05) is 17.7 Å². The fourth-order valence-corrected chi connectivity index (χ4v) is 3.29. The van der Waals surface area contributed by atoms with Crippen LogP contribution < -0.4 is 25.8 Å². The van der Waals surface area contributed by atoms with Crippen LogP contribution in [-0.2, 0) is 4.79 Å². The van der Waals surface area contributed by atoms with E-state index in [9.17, 15) is 14.8 Å². The number of carbonyl (C=O) groups is 1. The molecule has 3 rings (SSSR count). The molecule has 0 saturated heterocycles. The molecule has 1 heterocycles. The molecule has 0 fully saturated rings. The zero-order valence-corrected chi connectivity index (χ0v) is 18.2. The van der Waals surface area contributed by atoms with Crippen molar-refractivity contribution in [3.05, 3.63) is 54.2 Å². The molecule has 1 unspecified atom stereocenters. The number of pyridine rings is 1. The lowest BCUT2D eigenvalue weighted by atomic mass is 10.0. The Labute approximate surface area is 186 Å². The Balaban J connectivity index is 1.99. The number of nitrogens with two attached hydrogens (primary N) is 1. The van der Waals surface area contributed by atoms with Crippen LogP contribution in [0.4, 0.5) is 11.5 Å². The van der Waals surface area contributed by atoms with Gasteiger partial charge in [0.15, 0.2) is 11.5 Å². The monoisotopic (exact) mass is 438 g/mol. The van der Waals surface area contributed by atoms with E-state index in [-0.39, 0.29) is 6.10 Å². The van der Waals surface area contributed by atoms with Gasteiger partial charge in [-0.15, -0.1) is 0 Å². The molecule has 0 spiro atoms. The van der Waals surface area contributed by atoms with Gasteiger partial charge >= 0.3 is 7.25 Å². The van der Waals surface area contributed by atoms with E-state index < -0.39 is 19.2 Å². The number of nitrogens with one attached hydrogen (secondary N) is 2. The molecule has 0 bridgehead atoms. The third-order valence-electron chi connectivity index (χ3n) is 4.60. The third kappa shape index (κ3) is 5.60. The first kappa shape index (κ1) is 23.2. The zero-order chi connectivity index (χ0) is 23.3. The Morgan fingerprint density at radius 2 is 1.94 bits per heavy atom. The maximum Gasteiger partial charge on any atom is 0.587 e. The summed E-state index contributed by atoms with van der Waals surface area (Å²) < 4.78 is 11.5. The van der Waals surface area contributed by atoms with Crippen LogP contribution in [0.25, 0.3) is 10.8 Å². The molecule has 0 aliphatic heterocycles. The molecule has 1 atom stereocenters. The van der Waals surface area contributed by atoms with Crippen molar-refractivity contribution in [3.63, 3.8) is 0 Å². The summed E-state index contributed by atoms with van der Waals surface area (Å²) >= 11 is 0. The lowest BCUT2D eigenvalue weighted by Crippen LogP contribution is -2.43. The summed E-state index contributed by atoms with van der Waals surface area (Å²) in [5.41, 5.74) is 7.11. The van der Waals surface area contributed by atoms with E-state index in [4.69, 9.17) is 15.2 Å². The molecule has 6 N–H and O–H groups in total. The Hall–Kier alpha value is -3.50. The van der Waals surface area contributed by atoms with Crippen LogP contribution in [0, 0.1) is 0 Å². The van der Waals surface area contributed by atoms with E-state index in [1.165, 1.54) is 0 Å². The molecule has 0 aliphatic rings. The standard InChI is InChI=1S/C22H27BN4O5/c1-4-31-19-12-15(5-8-18(19)32-13(2)3)20(22(28)27-23(29)30)26-16-6-7-17-14(11-16)9-10-25-21(17)24/h5-13,20,26,29-30H,4H2,1-3H3,(H2,24,25)(H,27,28). The maximum absolute atomic E-state index is 12.8. The largest absolute Gasteiger partial charge is 0.587 e. The molecule has 3 aromatic rings. The number of nitrogen functional groups attached to an aromatic ring is 1. The average molecular weight is 438 g/mol. The second-order valence-electron chi connectivity index (χ2n) is 7.40. The summed E-state index contributed by atoms with van der Waals surface area (Å²) in [6.45, 7) is 6.09. The topological polar surface area (TPSA) is 139 Å². The van der Waals surface area contributed by atoms with Gasteiger partial charge in [-0.3, -0.25) is 4.79 Å². The fraction of sp³-hybridized carbons (Fsp3) is 0.273. The van der Waals surface area contributed by atoms with E-state index in [0.29, 0.717) is 35.2 Å². The SMILES string of the molecule is CCOc1cc(C(Nc2ccc3c(N)nccc3c2)C(=O)NB(O)O)ccc1OC(C)C. The predicted molar refractivity (Wildman–Crippen MR) is 124 cm³/mol. The van der Waals surface area contributed by atoms with Crippen molar-refractivity contribution >= 4 is 35.4 Å². The van der Waals surface area contributed by atoms with Gasteiger partial charge in [-0.25, -0.2) is 4.98 Å². The van der Waals surface area contributed by atoms with Crippen LogP contribution >= 0.6 is 0 Å². The van der Waals surface area contributed by atoms with Crippen molar-refractivity contribution in [1.29, 1.82) is 0 Å². The number of anilines is 2. The number of carbonyl (C=O) groups excluding carboxylic acids is 1. The van der Waals surface area contributed by atoms with Gasteiger partial charge in [0, 0.05) is 17.3 Å². The van der Waals surface area contributed by atoms with Crippen LogP contribution in [0.2, 0.25) is 0 Å². The van der Waals surface area contributed by atoms with Gasteiger partial charge in [-0.1, -0.05) is 6.07 Å². The first-order valence-corrected chi connectivity index (χ1v) is 10.3. The number of aromatic nitrogens is 1. The lowest BCUT2D eigenvalue weighted by Gasteiger charge is -2.22.